The van der Waals surface area contributed by atoms with Crippen molar-refractivity contribution in [2.75, 3.05) is 0 Å². The van der Waals surface area contributed by atoms with Crippen LogP contribution in [0.15, 0.2) is 48.5 Å². The van der Waals surface area contributed by atoms with E-state index < -0.39 is 0 Å². The first-order chi connectivity index (χ1) is 10.2. The number of nitrogens with zero attached hydrogens (tertiary/aromatic N) is 2. The number of pyridine rings is 1. The van der Waals surface area contributed by atoms with Crippen LogP contribution in [0.2, 0.25) is 5.15 Å². The quantitative estimate of drug-likeness (QED) is 0.435. The normalized spacial score (nSPS) is 11.3. The van der Waals surface area contributed by atoms with Crippen molar-refractivity contribution in [1.82, 2.24) is 9.97 Å². The van der Waals surface area contributed by atoms with Crippen LogP contribution >= 0.6 is 22.9 Å². The Kier molecular flexibility index (Phi) is 2.91. The predicted octanol–water partition coefficient (Wildman–Crippen LogP) is 5.47. The SMILES string of the molecule is Cc1ccc2nc(Cl)c(-c3nc4ccccc4s3)cc2c1. The second kappa shape index (κ2) is 4.79. The summed E-state index contributed by atoms with van der Waals surface area (Å²) in [5.74, 6) is 0. The monoisotopic (exact) mass is 310 g/mol. The molecule has 2 aromatic heterocycles. The van der Waals surface area contributed by atoms with Crippen molar-refractivity contribution in [3.05, 3.63) is 59.2 Å². The minimum absolute atomic E-state index is 0.505. The minimum atomic E-state index is 0.505. The summed E-state index contributed by atoms with van der Waals surface area (Å²) in [6.45, 7) is 2.07. The van der Waals surface area contributed by atoms with Crippen molar-refractivity contribution in [2.45, 2.75) is 6.92 Å². The molecule has 4 rings (SSSR count). The number of fused-ring (bicyclic) bond motifs is 2. The fraction of sp³-hybridized carbons (Fsp3) is 0.0588. The van der Waals surface area contributed by atoms with Crippen LogP contribution in [-0.2, 0) is 0 Å². The number of aryl methyl sites for hydroxylation is 1. The lowest BCUT2D eigenvalue weighted by Gasteiger charge is -2.04. The fourth-order valence-corrected chi connectivity index (χ4v) is 3.68. The van der Waals surface area contributed by atoms with E-state index in [-0.39, 0.29) is 0 Å². The van der Waals surface area contributed by atoms with Gasteiger partial charge in [0.15, 0.2) is 0 Å². The Balaban J connectivity index is 1.98. The van der Waals surface area contributed by atoms with E-state index in [9.17, 15) is 0 Å². The van der Waals surface area contributed by atoms with Crippen molar-refractivity contribution in [3.8, 4) is 10.6 Å². The van der Waals surface area contributed by atoms with Crippen molar-refractivity contribution in [1.29, 1.82) is 0 Å². The van der Waals surface area contributed by atoms with Crippen molar-refractivity contribution in [3.63, 3.8) is 0 Å². The van der Waals surface area contributed by atoms with E-state index in [4.69, 9.17) is 11.6 Å². The number of benzene rings is 2. The van der Waals surface area contributed by atoms with Crippen LogP contribution in [0, 0.1) is 6.92 Å². The largest absolute Gasteiger partial charge is 0.236 e. The lowest BCUT2D eigenvalue weighted by Crippen LogP contribution is -1.86. The summed E-state index contributed by atoms with van der Waals surface area (Å²) in [6.07, 6.45) is 0. The Hall–Kier alpha value is -1.97. The molecule has 0 saturated carbocycles. The highest BCUT2D eigenvalue weighted by Crippen LogP contribution is 2.35. The van der Waals surface area contributed by atoms with E-state index in [0.717, 1.165) is 31.7 Å². The summed E-state index contributed by atoms with van der Waals surface area (Å²) in [7, 11) is 0. The van der Waals surface area contributed by atoms with Gasteiger partial charge in [-0.1, -0.05) is 35.4 Å². The number of rotatable bonds is 1. The Labute approximate surface area is 131 Å². The molecule has 21 heavy (non-hydrogen) atoms. The lowest BCUT2D eigenvalue weighted by atomic mass is 10.1. The van der Waals surface area contributed by atoms with Crippen LogP contribution in [0.25, 0.3) is 31.7 Å². The van der Waals surface area contributed by atoms with Gasteiger partial charge in [0.25, 0.3) is 0 Å². The average Bonchev–Trinajstić information content (AvgIpc) is 2.90. The molecule has 102 valence electrons. The van der Waals surface area contributed by atoms with Gasteiger partial charge in [0, 0.05) is 10.9 Å². The Morgan fingerprint density at radius 3 is 2.67 bits per heavy atom. The molecular weight excluding hydrogens is 300 g/mol. The molecule has 2 heterocycles. The van der Waals surface area contributed by atoms with Gasteiger partial charge in [-0.15, -0.1) is 11.3 Å². The Bertz CT molecular complexity index is 942. The third-order valence-corrected chi connectivity index (χ3v) is 4.81. The molecule has 0 N–H and O–H groups in total. The Morgan fingerprint density at radius 2 is 1.81 bits per heavy atom. The molecule has 0 aliphatic heterocycles. The number of para-hydroxylation sites is 1. The zero-order valence-corrected chi connectivity index (χ0v) is 12.9. The number of halogens is 1. The van der Waals surface area contributed by atoms with Gasteiger partial charge >= 0.3 is 0 Å². The molecule has 0 unspecified atom stereocenters. The fourth-order valence-electron chi connectivity index (χ4n) is 2.41. The van der Waals surface area contributed by atoms with E-state index in [2.05, 4.69) is 35.1 Å². The van der Waals surface area contributed by atoms with Crippen molar-refractivity contribution >= 4 is 44.1 Å². The van der Waals surface area contributed by atoms with E-state index in [1.165, 1.54) is 5.56 Å². The molecule has 0 atom stereocenters. The third-order valence-electron chi connectivity index (χ3n) is 3.45. The molecule has 0 bridgehead atoms. The standard InChI is InChI=1S/C17H11ClN2S/c1-10-6-7-13-11(8-10)9-12(16(18)19-13)17-20-14-4-2-3-5-15(14)21-17/h2-9H,1H3. The van der Waals surface area contributed by atoms with E-state index in [1.54, 1.807) is 11.3 Å². The highest BCUT2D eigenvalue weighted by molar-refractivity contribution is 7.21. The lowest BCUT2D eigenvalue weighted by molar-refractivity contribution is 1.37. The number of hydrogen-bond acceptors (Lipinski definition) is 3. The van der Waals surface area contributed by atoms with Crippen LogP contribution < -0.4 is 0 Å². The molecule has 0 radical (unpaired) electrons. The average molecular weight is 311 g/mol. The van der Waals surface area contributed by atoms with Crippen molar-refractivity contribution in [2.24, 2.45) is 0 Å². The van der Waals surface area contributed by atoms with E-state index >= 15 is 0 Å². The predicted molar refractivity (Wildman–Crippen MR) is 90.1 cm³/mol. The molecule has 0 aliphatic rings. The summed E-state index contributed by atoms with van der Waals surface area (Å²) in [4.78, 5) is 9.16. The number of aromatic nitrogens is 2. The summed E-state index contributed by atoms with van der Waals surface area (Å²) in [5, 5.41) is 2.51. The van der Waals surface area contributed by atoms with Gasteiger partial charge in [0.05, 0.1) is 15.7 Å². The molecule has 2 aromatic carbocycles. The highest BCUT2D eigenvalue weighted by atomic mass is 35.5. The Morgan fingerprint density at radius 1 is 0.952 bits per heavy atom. The van der Waals surface area contributed by atoms with E-state index in [0.29, 0.717) is 5.15 Å². The first-order valence-electron chi connectivity index (χ1n) is 6.63. The highest BCUT2D eigenvalue weighted by Gasteiger charge is 2.12. The molecule has 0 fully saturated rings. The molecule has 0 amide bonds. The third kappa shape index (κ3) is 2.19. The van der Waals surface area contributed by atoms with Crippen LogP contribution in [-0.4, -0.2) is 9.97 Å². The maximum absolute atomic E-state index is 6.36. The number of thiazole rings is 1. The molecule has 0 saturated heterocycles. The maximum atomic E-state index is 6.36. The first kappa shape index (κ1) is 12.7. The molecule has 4 aromatic rings. The molecule has 0 aliphatic carbocycles. The maximum Gasteiger partial charge on any atom is 0.140 e. The van der Waals surface area contributed by atoms with E-state index in [1.807, 2.05) is 30.3 Å². The smallest absolute Gasteiger partial charge is 0.140 e. The van der Waals surface area contributed by atoms with Crippen LogP contribution in [0.1, 0.15) is 5.56 Å². The molecule has 4 heteroatoms. The van der Waals surface area contributed by atoms with Gasteiger partial charge in [-0.2, -0.15) is 0 Å². The van der Waals surface area contributed by atoms with Crippen LogP contribution in [0.3, 0.4) is 0 Å². The zero-order valence-electron chi connectivity index (χ0n) is 11.3. The summed E-state index contributed by atoms with van der Waals surface area (Å²) >= 11 is 8.00. The number of hydrogen-bond donors (Lipinski definition) is 0. The summed E-state index contributed by atoms with van der Waals surface area (Å²) in [6, 6.07) is 16.3. The van der Waals surface area contributed by atoms with Gasteiger partial charge < -0.3 is 0 Å². The van der Waals surface area contributed by atoms with Gasteiger partial charge in [-0.05, 0) is 37.3 Å². The molecule has 2 nitrogen and oxygen atoms in total. The van der Waals surface area contributed by atoms with Gasteiger partial charge in [0.1, 0.15) is 10.2 Å². The summed E-state index contributed by atoms with van der Waals surface area (Å²) in [5.41, 5.74) is 4.02. The van der Waals surface area contributed by atoms with Gasteiger partial charge in [0.2, 0.25) is 0 Å². The van der Waals surface area contributed by atoms with Crippen LogP contribution in [0.4, 0.5) is 0 Å². The molecular formula is C17H11ClN2S. The topological polar surface area (TPSA) is 25.8 Å². The van der Waals surface area contributed by atoms with Gasteiger partial charge in [-0.25, -0.2) is 9.97 Å². The second-order valence-corrected chi connectivity index (χ2v) is 6.40. The molecule has 0 spiro atoms. The van der Waals surface area contributed by atoms with Crippen molar-refractivity contribution < 1.29 is 0 Å². The van der Waals surface area contributed by atoms with Gasteiger partial charge in [-0.3, -0.25) is 0 Å². The second-order valence-electron chi connectivity index (χ2n) is 5.01. The first-order valence-corrected chi connectivity index (χ1v) is 7.83. The summed E-state index contributed by atoms with van der Waals surface area (Å²) < 4.78 is 1.16. The minimum Gasteiger partial charge on any atom is -0.236 e. The van der Waals surface area contributed by atoms with Crippen LogP contribution in [0.5, 0.6) is 0 Å². The zero-order chi connectivity index (χ0) is 14.4.